The number of benzene rings is 2. The third-order valence-electron chi connectivity index (χ3n) is 4.85. The van der Waals surface area contributed by atoms with Crippen LogP contribution in [0.5, 0.6) is 0 Å². The van der Waals surface area contributed by atoms with Crippen LogP contribution in [0.25, 0.3) is 27.7 Å². The van der Waals surface area contributed by atoms with Gasteiger partial charge in [-0.1, -0.05) is 25.1 Å². The molecule has 0 spiro atoms. The second kappa shape index (κ2) is 7.23. The highest BCUT2D eigenvalue weighted by molar-refractivity contribution is 6.02. The van der Waals surface area contributed by atoms with E-state index in [0.717, 1.165) is 39.8 Å². The fourth-order valence-electron chi connectivity index (χ4n) is 3.13. The van der Waals surface area contributed by atoms with Crippen LogP contribution in [0.2, 0.25) is 0 Å². The van der Waals surface area contributed by atoms with Crippen LogP contribution in [0.15, 0.2) is 61.1 Å². The Labute approximate surface area is 163 Å². The molecule has 6 heteroatoms. The van der Waals surface area contributed by atoms with E-state index in [1.807, 2.05) is 29.3 Å². The Kier molecular flexibility index (Phi) is 4.61. The molecule has 28 heavy (non-hydrogen) atoms. The van der Waals surface area contributed by atoms with E-state index in [-0.39, 0.29) is 6.03 Å². The van der Waals surface area contributed by atoms with Crippen molar-refractivity contribution < 1.29 is 4.79 Å². The number of aryl methyl sites for hydroxylation is 1. The number of hydrogen-bond acceptors (Lipinski definition) is 2. The maximum Gasteiger partial charge on any atom is 0.321 e. The van der Waals surface area contributed by atoms with Crippen LogP contribution in [-0.2, 0) is 6.42 Å². The molecule has 0 aliphatic rings. The third kappa shape index (κ3) is 3.36. The summed E-state index contributed by atoms with van der Waals surface area (Å²) in [6, 6.07) is 14.4. The van der Waals surface area contributed by atoms with Crippen molar-refractivity contribution in [2.24, 2.45) is 0 Å². The number of amides is 2. The number of H-pyrrole nitrogens is 1. The Morgan fingerprint density at radius 1 is 1.14 bits per heavy atom. The SMILES string of the molecule is CCc1ccc(-n2cc(-c3ccc4[nH]cc(NC(=O)N(C)C)c4c3)cn2)cc1. The lowest BCUT2D eigenvalue weighted by Crippen LogP contribution is -2.27. The van der Waals surface area contributed by atoms with Crippen molar-refractivity contribution in [3.63, 3.8) is 0 Å². The standard InChI is InChI=1S/C22H23N5O/c1-4-15-5-8-18(9-6-15)27-14-17(12-24-27)16-7-10-20-19(11-16)21(13-23-20)25-22(28)26(2)3/h5-14,23H,4H2,1-3H3,(H,25,28). The zero-order chi connectivity index (χ0) is 19.7. The fraction of sp³-hybridized carbons (Fsp3) is 0.182. The van der Waals surface area contributed by atoms with Gasteiger partial charge in [0.1, 0.15) is 0 Å². The molecule has 4 aromatic rings. The van der Waals surface area contributed by atoms with Gasteiger partial charge in [0.2, 0.25) is 0 Å². The van der Waals surface area contributed by atoms with E-state index in [9.17, 15) is 4.79 Å². The topological polar surface area (TPSA) is 66.0 Å². The van der Waals surface area contributed by atoms with Crippen LogP contribution >= 0.6 is 0 Å². The summed E-state index contributed by atoms with van der Waals surface area (Å²) in [6.45, 7) is 2.15. The molecule has 0 aliphatic heterocycles. The van der Waals surface area contributed by atoms with E-state index < -0.39 is 0 Å². The molecule has 2 aromatic carbocycles. The number of nitrogens with zero attached hydrogens (tertiary/aromatic N) is 3. The molecule has 0 aliphatic carbocycles. The number of nitrogens with one attached hydrogen (secondary N) is 2. The summed E-state index contributed by atoms with van der Waals surface area (Å²) in [7, 11) is 3.44. The smallest absolute Gasteiger partial charge is 0.321 e. The summed E-state index contributed by atoms with van der Waals surface area (Å²) in [5.74, 6) is 0. The van der Waals surface area contributed by atoms with E-state index >= 15 is 0 Å². The van der Waals surface area contributed by atoms with Crippen LogP contribution < -0.4 is 5.32 Å². The van der Waals surface area contributed by atoms with Gasteiger partial charge in [0.05, 0.1) is 17.6 Å². The Balaban J connectivity index is 1.65. The van der Waals surface area contributed by atoms with Crippen LogP contribution in [0.1, 0.15) is 12.5 Å². The molecule has 0 bridgehead atoms. The first kappa shape index (κ1) is 17.9. The zero-order valence-electron chi connectivity index (χ0n) is 16.2. The van der Waals surface area contributed by atoms with E-state index in [0.29, 0.717) is 0 Å². The first-order valence-corrected chi connectivity index (χ1v) is 9.29. The average Bonchev–Trinajstić information content (AvgIpc) is 3.35. The predicted molar refractivity (Wildman–Crippen MR) is 113 cm³/mol. The summed E-state index contributed by atoms with van der Waals surface area (Å²) >= 11 is 0. The normalized spacial score (nSPS) is 11.0. The lowest BCUT2D eigenvalue weighted by atomic mass is 10.1. The van der Waals surface area contributed by atoms with E-state index in [1.165, 1.54) is 10.5 Å². The van der Waals surface area contributed by atoms with Gasteiger partial charge in [0.25, 0.3) is 0 Å². The molecule has 0 unspecified atom stereocenters. The third-order valence-corrected chi connectivity index (χ3v) is 4.85. The molecule has 0 saturated heterocycles. The number of anilines is 1. The lowest BCUT2D eigenvalue weighted by Gasteiger charge is -2.11. The number of hydrogen-bond donors (Lipinski definition) is 2. The average molecular weight is 373 g/mol. The van der Waals surface area contributed by atoms with E-state index in [4.69, 9.17) is 0 Å². The molecule has 0 radical (unpaired) electrons. The minimum absolute atomic E-state index is 0.158. The van der Waals surface area contributed by atoms with Crippen molar-refractivity contribution in [3.05, 3.63) is 66.6 Å². The van der Waals surface area contributed by atoms with Gasteiger partial charge in [-0.3, -0.25) is 0 Å². The second-order valence-corrected chi connectivity index (χ2v) is 6.98. The van der Waals surface area contributed by atoms with Crippen LogP contribution in [0, 0.1) is 0 Å². The Hall–Kier alpha value is -3.54. The molecule has 0 saturated carbocycles. The molecule has 2 heterocycles. The van der Waals surface area contributed by atoms with Crippen molar-refractivity contribution in [2.75, 3.05) is 19.4 Å². The summed E-state index contributed by atoms with van der Waals surface area (Å²) in [6.07, 6.45) is 6.72. The number of carbonyl (C=O) groups excluding carboxylic acids is 1. The highest BCUT2D eigenvalue weighted by atomic mass is 16.2. The molecule has 4 rings (SSSR count). The predicted octanol–water partition coefficient (Wildman–Crippen LogP) is 4.68. The molecule has 2 N–H and O–H groups in total. The largest absolute Gasteiger partial charge is 0.359 e. The van der Waals surface area contributed by atoms with Gasteiger partial charge in [-0.25, -0.2) is 9.48 Å². The van der Waals surface area contributed by atoms with Crippen LogP contribution in [-0.4, -0.2) is 39.8 Å². The van der Waals surface area contributed by atoms with Gasteiger partial charge < -0.3 is 15.2 Å². The lowest BCUT2D eigenvalue weighted by molar-refractivity contribution is 0.231. The number of rotatable bonds is 4. The van der Waals surface area contributed by atoms with Crippen LogP contribution in [0.4, 0.5) is 10.5 Å². The number of urea groups is 1. The molecule has 142 valence electrons. The summed E-state index contributed by atoms with van der Waals surface area (Å²) < 4.78 is 1.88. The number of fused-ring (bicyclic) bond motifs is 1. The highest BCUT2D eigenvalue weighted by Crippen LogP contribution is 2.29. The zero-order valence-corrected chi connectivity index (χ0v) is 16.2. The van der Waals surface area contributed by atoms with Crippen molar-refractivity contribution >= 4 is 22.6 Å². The van der Waals surface area contributed by atoms with Crippen molar-refractivity contribution in [2.45, 2.75) is 13.3 Å². The van der Waals surface area contributed by atoms with Gasteiger partial charge in [0, 0.05) is 43.0 Å². The maximum atomic E-state index is 12.0. The highest BCUT2D eigenvalue weighted by Gasteiger charge is 2.11. The molecule has 6 nitrogen and oxygen atoms in total. The Morgan fingerprint density at radius 3 is 2.64 bits per heavy atom. The van der Waals surface area contributed by atoms with Crippen molar-refractivity contribution in [1.29, 1.82) is 0 Å². The molecule has 0 atom stereocenters. The molecular weight excluding hydrogens is 350 g/mol. The number of aromatic amines is 1. The van der Waals surface area contributed by atoms with Crippen molar-refractivity contribution in [1.82, 2.24) is 19.7 Å². The molecule has 2 aromatic heterocycles. The van der Waals surface area contributed by atoms with Crippen LogP contribution in [0.3, 0.4) is 0 Å². The Morgan fingerprint density at radius 2 is 1.93 bits per heavy atom. The van der Waals surface area contributed by atoms with E-state index in [2.05, 4.69) is 58.7 Å². The van der Waals surface area contributed by atoms with Gasteiger partial charge in [0.15, 0.2) is 0 Å². The second-order valence-electron chi connectivity index (χ2n) is 6.98. The minimum atomic E-state index is -0.158. The molecule has 2 amide bonds. The summed E-state index contributed by atoms with van der Waals surface area (Å²) in [5.41, 5.74) is 6.14. The van der Waals surface area contributed by atoms with Crippen molar-refractivity contribution in [3.8, 4) is 16.8 Å². The minimum Gasteiger partial charge on any atom is -0.359 e. The Bertz CT molecular complexity index is 1120. The molecular formula is C22H23N5O. The van der Waals surface area contributed by atoms with Gasteiger partial charge in [-0.05, 0) is 41.8 Å². The number of aromatic nitrogens is 3. The summed E-state index contributed by atoms with van der Waals surface area (Å²) in [5, 5.41) is 8.40. The van der Waals surface area contributed by atoms with Gasteiger partial charge in [-0.2, -0.15) is 5.10 Å². The first-order valence-electron chi connectivity index (χ1n) is 9.29. The first-order chi connectivity index (χ1) is 13.5. The summed E-state index contributed by atoms with van der Waals surface area (Å²) in [4.78, 5) is 16.7. The van der Waals surface area contributed by atoms with E-state index in [1.54, 1.807) is 14.1 Å². The monoisotopic (exact) mass is 373 g/mol. The van der Waals surface area contributed by atoms with Gasteiger partial charge >= 0.3 is 6.03 Å². The number of carbonyl (C=O) groups is 1. The maximum absolute atomic E-state index is 12.0. The fourth-order valence-corrected chi connectivity index (χ4v) is 3.13. The molecule has 0 fully saturated rings. The van der Waals surface area contributed by atoms with Gasteiger partial charge in [-0.15, -0.1) is 0 Å². The quantitative estimate of drug-likeness (QED) is 0.546.